The number of aliphatic hydroxyl groups is 1. The Morgan fingerprint density at radius 2 is 2.07 bits per heavy atom. The van der Waals surface area contributed by atoms with E-state index in [2.05, 4.69) is 19.1 Å². The van der Waals surface area contributed by atoms with Gasteiger partial charge in [-0.2, -0.15) is 0 Å². The first kappa shape index (κ1) is 11.7. The molecule has 0 saturated carbocycles. The van der Waals surface area contributed by atoms with Gasteiger partial charge in [0.05, 0.1) is 0 Å². The molecule has 0 aliphatic carbocycles. The van der Waals surface area contributed by atoms with Crippen LogP contribution in [-0.2, 0) is 12.8 Å². The minimum atomic E-state index is -0.157. The number of hydrogen-bond donors (Lipinski definition) is 2. The van der Waals surface area contributed by atoms with Crippen LogP contribution in [0.15, 0.2) is 12.1 Å². The highest BCUT2D eigenvalue weighted by Gasteiger charge is 2.22. The highest BCUT2D eigenvalue weighted by molar-refractivity contribution is 7.11. The Labute approximate surface area is 89.8 Å². The Balaban J connectivity index is 2.67. The van der Waals surface area contributed by atoms with Crippen molar-refractivity contribution in [3.63, 3.8) is 0 Å². The van der Waals surface area contributed by atoms with Crippen molar-refractivity contribution in [2.75, 3.05) is 13.2 Å². The number of aryl methyl sites for hydroxylation is 1. The Bertz CT molecular complexity index is 279. The van der Waals surface area contributed by atoms with Gasteiger partial charge in [0, 0.05) is 28.3 Å². The summed E-state index contributed by atoms with van der Waals surface area (Å²) in [6.07, 6.45) is 1.97. The van der Waals surface area contributed by atoms with Gasteiger partial charge in [0.15, 0.2) is 0 Å². The van der Waals surface area contributed by atoms with Gasteiger partial charge < -0.3 is 10.8 Å². The summed E-state index contributed by atoms with van der Waals surface area (Å²) in [5.41, 5.74) is 5.49. The number of thiophene rings is 1. The first-order chi connectivity index (χ1) is 6.63. The molecule has 0 aliphatic rings. The van der Waals surface area contributed by atoms with Crippen LogP contribution in [0.3, 0.4) is 0 Å². The second-order valence-corrected chi connectivity index (χ2v) is 5.32. The van der Waals surface area contributed by atoms with Crippen LogP contribution in [0.4, 0.5) is 0 Å². The molecule has 0 radical (unpaired) electrons. The van der Waals surface area contributed by atoms with E-state index in [9.17, 15) is 5.11 Å². The van der Waals surface area contributed by atoms with Gasteiger partial charge in [-0.15, -0.1) is 11.3 Å². The molecule has 2 nitrogen and oxygen atoms in total. The first-order valence-corrected chi connectivity index (χ1v) is 5.83. The molecular formula is C11H19NOS. The average molecular weight is 213 g/mol. The Morgan fingerprint density at radius 1 is 1.43 bits per heavy atom. The van der Waals surface area contributed by atoms with Crippen molar-refractivity contribution in [3.05, 3.63) is 21.9 Å². The van der Waals surface area contributed by atoms with Crippen LogP contribution in [-0.4, -0.2) is 18.3 Å². The summed E-state index contributed by atoms with van der Waals surface area (Å²) < 4.78 is 0. The fraction of sp³-hybridized carbons (Fsp3) is 0.636. The van der Waals surface area contributed by atoms with Gasteiger partial charge in [0.1, 0.15) is 0 Å². The molecule has 0 bridgehead atoms. The molecule has 0 saturated heterocycles. The largest absolute Gasteiger partial charge is 0.396 e. The zero-order valence-electron chi connectivity index (χ0n) is 8.92. The van der Waals surface area contributed by atoms with Crippen LogP contribution in [0.1, 0.15) is 23.6 Å². The van der Waals surface area contributed by atoms with Crippen molar-refractivity contribution >= 4 is 11.3 Å². The molecule has 1 aromatic heterocycles. The molecule has 0 aromatic carbocycles. The van der Waals surface area contributed by atoms with Crippen molar-refractivity contribution in [2.45, 2.75) is 26.7 Å². The zero-order chi connectivity index (χ0) is 10.6. The molecule has 3 heteroatoms. The Kier molecular flexibility index (Phi) is 4.11. The van der Waals surface area contributed by atoms with Crippen LogP contribution >= 0.6 is 11.3 Å². The Morgan fingerprint density at radius 3 is 2.50 bits per heavy atom. The highest BCUT2D eigenvalue weighted by Crippen LogP contribution is 2.26. The lowest BCUT2D eigenvalue weighted by atomic mass is 9.87. The van der Waals surface area contributed by atoms with Crippen LogP contribution in [0.25, 0.3) is 0 Å². The number of aliphatic hydroxyl groups excluding tert-OH is 1. The summed E-state index contributed by atoms with van der Waals surface area (Å²) in [4.78, 5) is 2.72. The van der Waals surface area contributed by atoms with Crippen LogP contribution < -0.4 is 5.73 Å². The van der Waals surface area contributed by atoms with E-state index in [1.54, 1.807) is 0 Å². The van der Waals surface area contributed by atoms with E-state index in [1.165, 1.54) is 9.75 Å². The molecule has 1 aromatic rings. The molecule has 3 N–H and O–H groups in total. The summed E-state index contributed by atoms with van der Waals surface area (Å²) in [6.45, 7) is 4.87. The van der Waals surface area contributed by atoms with Crippen molar-refractivity contribution < 1.29 is 5.11 Å². The molecule has 1 atom stereocenters. The highest BCUT2D eigenvalue weighted by atomic mass is 32.1. The number of nitrogens with two attached hydrogens (primary N) is 1. The minimum Gasteiger partial charge on any atom is -0.396 e. The summed E-state index contributed by atoms with van der Waals surface area (Å²) in [5, 5.41) is 9.24. The minimum absolute atomic E-state index is 0.156. The number of rotatable bonds is 5. The maximum atomic E-state index is 9.24. The Hall–Kier alpha value is -0.380. The van der Waals surface area contributed by atoms with Crippen LogP contribution in [0.5, 0.6) is 0 Å². The van der Waals surface area contributed by atoms with E-state index in [4.69, 9.17) is 5.73 Å². The molecule has 1 heterocycles. The fourth-order valence-electron chi connectivity index (χ4n) is 1.32. The van der Waals surface area contributed by atoms with Gasteiger partial charge in [0.25, 0.3) is 0 Å². The first-order valence-electron chi connectivity index (χ1n) is 5.02. The zero-order valence-corrected chi connectivity index (χ0v) is 9.73. The maximum absolute atomic E-state index is 9.24. The third-order valence-electron chi connectivity index (χ3n) is 2.54. The molecule has 1 unspecified atom stereocenters. The molecule has 1 rings (SSSR count). The van der Waals surface area contributed by atoms with Gasteiger partial charge in [-0.1, -0.05) is 13.8 Å². The lowest BCUT2D eigenvalue weighted by molar-refractivity contribution is 0.150. The molecule has 80 valence electrons. The van der Waals surface area contributed by atoms with E-state index < -0.39 is 0 Å². The maximum Gasteiger partial charge on any atom is 0.0500 e. The standard InChI is InChI=1S/C11H19NOS/c1-3-9-4-5-10(14-9)6-11(2,7-12)8-13/h4-5,13H,3,6-8,12H2,1-2H3. The fourth-order valence-corrected chi connectivity index (χ4v) is 2.49. The normalized spacial score (nSPS) is 15.4. The molecule has 0 amide bonds. The van der Waals surface area contributed by atoms with E-state index in [-0.39, 0.29) is 12.0 Å². The summed E-state index contributed by atoms with van der Waals surface area (Å²) >= 11 is 1.82. The van der Waals surface area contributed by atoms with E-state index in [1.807, 2.05) is 18.3 Å². The monoisotopic (exact) mass is 213 g/mol. The third kappa shape index (κ3) is 2.80. The molecular weight excluding hydrogens is 194 g/mol. The topological polar surface area (TPSA) is 46.2 Å². The summed E-state index contributed by atoms with van der Waals surface area (Å²) in [5.74, 6) is 0. The number of hydrogen-bond acceptors (Lipinski definition) is 3. The quantitative estimate of drug-likeness (QED) is 0.783. The smallest absolute Gasteiger partial charge is 0.0500 e. The van der Waals surface area contributed by atoms with Gasteiger partial charge in [0.2, 0.25) is 0 Å². The molecule has 0 aliphatic heterocycles. The average Bonchev–Trinajstić information content (AvgIpc) is 2.65. The molecule has 14 heavy (non-hydrogen) atoms. The van der Waals surface area contributed by atoms with Gasteiger partial charge >= 0.3 is 0 Å². The molecule has 0 spiro atoms. The second kappa shape index (κ2) is 4.91. The lowest BCUT2D eigenvalue weighted by Crippen LogP contribution is -2.32. The predicted octanol–water partition coefficient (Wildman–Crippen LogP) is 1.81. The second-order valence-electron chi connectivity index (χ2n) is 4.07. The van der Waals surface area contributed by atoms with Crippen molar-refractivity contribution in [1.29, 1.82) is 0 Å². The SMILES string of the molecule is CCc1ccc(CC(C)(CN)CO)s1. The van der Waals surface area contributed by atoms with Crippen LogP contribution in [0.2, 0.25) is 0 Å². The van der Waals surface area contributed by atoms with Crippen molar-refractivity contribution in [3.8, 4) is 0 Å². The van der Waals surface area contributed by atoms with Gasteiger partial charge in [-0.05, 0) is 25.0 Å². The van der Waals surface area contributed by atoms with Crippen molar-refractivity contribution in [1.82, 2.24) is 0 Å². The van der Waals surface area contributed by atoms with Crippen LogP contribution in [0, 0.1) is 5.41 Å². The van der Waals surface area contributed by atoms with Gasteiger partial charge in [-0.3, -0.25) is 0 Å². The van der Waals surface area contributed by atoms with E-state index >= 15 is 0 Å². The summed E-state index contributed by atoms with van der Waals surface area (Å²) in [7, 11) is 0. The van der Waals surface area contributed by atoms with Crippen molar-refractivity contribution in [2.24, 2.45) is 11.1 Å². The summed E-state index contributed by atoms with van der Waals surface area (Å²) in [6, 6.07) is 4.31. The van der Waals surface area contributed by atoms with E-state index in [0.717, 1.165) is 12.8 Å². The predicted molar refractivity (Wildman–Crippen MR) is 61.6 cm³/mol. The molecule has 0 fully saturated rings. The van der Waals surface area contributed by atoms with E-state index in [0.29, 0.717) is 6.54 Å². The third-order valence-corrected chi connectivity index (χ3v) is 3.77. The van der Waals surface area contributed by atoms with Gasteiger partial charge in [-0.25, -0.2) is 0 Å². The lowest BCUT2D eigenvalue weighted by Gasteiger charge is -2.24.